The predicted molar refractivity (Wildman–Crippen MR) is 92.2 cm³/mol. The zero-order valence-electron chi connectivity index (χ0n) is 9.79. The van der Waals surface area contributed by atoms with Crippen molar-refractivity contribution in [3.63, 3.8) is 0 Å². The molecule has 5 heteroatoms. The number of carbonyl (C=O) groups excluding carboxylic acids is 1. The molecule has 0 fully saturated rings. The van der Waals surface area contributed by atoms with Crippen LogP contribution in [0, 0.1) is 3.57 Å². The number of halogens is 3. The van der Waals surface area contributed by atoms with Crippen LogP contribution >= 0.6 is 54.5 Å². The van der Waals surface area contributed by atoms with Crippen LogP contribution in [0.1, 0.15) is 15.9 Å². The van der Waals surface area contributed by atoms with Gasteiger partial charge >= 0.3 is 0 Å². The van der Waals surface area contributed by atoms with Crippen molar-refractivity contribution in [3.8, 4) is 0 Å². The van der Waals surface area contributed by atoms with Crippen molar-refractivity contribution in [1.82, 2.24) is 5.32 Å². The van der Waals surface area contributed by atoms with Crippen LogP contribution in [-0.2, 0) is 6.54 Å². The highest BCUT2D eigenvalue weighted by atomic mass is 127. The highest BCUT2D eigenvalue weighted by Crippen LogP contribution is 2.18. The number of nitrogens with one attached hydrogen (secondary N) is 1. The van der Waals surface area contributed by atoms with Gasteiger partial charge in [0.1, 0.15) is 0 Å². The summed E-state index contributed by atoms with van der Waals surface area (Å²) in [5.41, 5.74) is 1.76. The van der Waals surface area contributed by atoms with E-state index in [-0.39, 0.29) is 5.91 Å². The van der Waals surface area contributed by atoms with E-state index in [0.29, 0.717) is 12.1 Å². The number of hydrogen-bond donors (Lipinski definition) is 1. The second-order valence-corrected chi connectivity index (χ2v) is 6.93. The zero-order chi connectivity index (χ0) is 13.8. The lowest BCUT2D eigenvalue weighted by Gasteiger charge is -2.07. The number of benzene rings is 2. The van der Waals surface area contributed by atoms with Gasteiger partial charge in [0, 0.05) is 19.1 Å². The van der Waals surface area contributed by atoms with Crippen molar-refractivity contribution in [1.29, 1.82) is 0 Å². The molecule has 0 heterocycles. The van der Waals surface area contributed by atoms with Gasteiger partial charge in [-0.25, -0.2) is 0 Å². The van der Waals surface area contributed by atoms with Crippen LogP contribution in [0.5, 0.6) is 0 Å². The smallest absolute Gasteiger partial charge is 0.252 e. The summed E-state index contributed by atoms with van der Waals surface area (Å²) in [4.78, 5) is 12.1. The van der Waals surface area contributed by atoms with Crippen molar-refractivity contribution in [2.45, 2.75) is 6.54 Å². The molecule has 0 aliphatic heterocycles. The van der Waals surface area contributed by atoms with Crippen LogP contribution < -0.4 is 5.32 Å². The van der Waals surface area contributed by atoms with Gasteiger partial charge in [0.25, 0.3) is 5.91 Å². The summed E-state index contributed by atoms with van der Waals surface area (Å²) in [5, 5.41) is 2.92. The molecule has 2 aromatic carbocycles. The van der Waals surface area contributed by atoms with E-state index in [2.05, 4.69) is 59.8 Å². The fraction of sp³-hybridized carbons (Fsp3) is 0.0714. The van der Waals surface area contributed by atoms with Gasteiger partial charge in [-0.3, -0.25) is 4.79 Å². The molecule has 0 aliphatic rings. The summed E-state index contributed by atoms with van der Waals surface area (Å²) < 4.78 is 2.87. The molecule has 0 radical (unpaired) electrons. The zero-order valence-corrected chi connectivity index (χ0v) is 15.1. The molecule has 0 saturated carbocycles. The van der Waals surface area contributed by atoms with E-state index in [1.807, 2.05) is 42.5 Å². The van der Waals surface area contributed by atoms with Crippen LogP contribution in [0.15, 0.2) is 51.4 Å². The van der Waals surface area contributed by atoms with E-state index in [1.54, 1.807) is 0 Å². The van der Waals surface area contributed by atoms with Crippen molar-refractivity contribution >= 4 is 60.4 Å². The normalized spacial score (nSPS) is 10.3. The van der Waals surface area contributed by atoms with Gasteiger partial charge in [0.15, 0.2) is 0 Å². The summed E-state index contributed by atoms with van der Waals surface area (Å²) in [6.45, 7) is 0.523. The lowest BCUT2D eigenvalue weighted by Crippen LogP contribution is -2.23. The Bertz CT molecular complexity index is 599. The third-order valence-electron chi connectivity index (χ3n) is 2.54. The largest absolute Gasteiger partial charge is 0.348 e. The molecule has 2 rings (SSSR count). The topological polar surface area (TPSA) is 29.1 Å². The van der Waals surface area contributed by atoms with Crippen molar-refractivity contribution in [2.75, 3.05) is 0 Å². The number of amides is 1. The van der Waals surface area contributed by atoms with E-state index in [4.69, 9.17) is 0 Å². The van der Waals surface area contributed by atoms with Gasteiger partial charge in [-0.1, -0.05) is 44.0 Å². The van der Waals surface area contributed by atoms with Crippen molar-refractivity contribution in [3.05, 3.63) is 66.1 Å². The molecule has 0 atom stereocenters. The Labute approximate surface area is 142 Å². The predicted octanol–water partition coefficient (Wildman–Crippen LogP) is 4.75. The van der Waals surface area contributed by atoms with Gasteiger partial charge in [0.2, 0.25) is 0 Å². The van der Waals surface area contributed by atoms with Crippen LogP contribution in [0.25, 0.3) is 0 Å². The number of carbonyl (C=O) groups is 1. The molecular weight excluding hydrogens is 485 g/mol. The van der Waals surface area contributed by atoms with Crippen molar-refractivity contribution < 1.29 is 4.79 Å². The van der Waals surface area contributed by atoms with E-state index >= 15 is 0 Å². The molecule has 1 N–H and O–H groups in total. The average Bonchev–Trinajstić information content (AvgIpc) is 2.40. The molecule has 2 nitrogen and oxygen atoms in total. The molecule has 0 saturated heterocycles. The lowest BCUT2D eigenvalue weighted by atomic mass is 10.2. The summed E-state index contributed by atoms with van der Waals surface area (Å²) in [6.07, 6.45) is 0. The third kappa shape index (κ3) is 4.29. The minimum absolute atomic E-state index is 0.0615. The minimum Gasteiger partial charge on any atom is -0.348 e. The Balaban J connectivity index is 2.05. The summed E-state index contributed by atoms with van der Waals surface area (Å²) in [5.74, 6) is -0.0615. The molecule has 0 bridgehead atoms. The fourth-order valence-electron chi connectivity index (χ4n) is 1.55. The molecule has 0 spiro atoms. The Hall–Kier alpha value is -0.400. The van der Waals surface area contributed by atoms with E-state index in [1.165, 1.54) is 0 Å². The van der Waals surface area contributed by atoms with E-state index in [9.17, 15) is 4.79 Å². The third-order valence-corrected chi connectivity index (χ3v) is 4.50. The molecular formula is C14H10Br2INO. The Kier molecular flexibility index (Phi) is 5.41. The Morgan fingerprint density at radius 1 is 1.05 bits per heavy atom. The van der Waals surface area contributed by atoms with Gasteiger partial charge in [-0.05, 0) is 58.5 Å². The fourth-order valence-corrected chi connectivity index (χ4v) is 2.76. The van der Waals surface area contributed by atoms with E-state index in [0.717, 1.165) is 18.1 Å². The molecule has 2 aromatic rings. The monoisotopic (exact) mass is 493 g/mol. The summed E-state index contributed by atoms with van der Waals surface area (Å²) in [6, 6.07) is 13.6. The average molecular weight is 495 g/mol. The van der Waals surface area contributed by atoms with Crippen LogP contribution in [0.3, 0.4) is 0 Å². The van der Waals surface area contributed by atoms with Crippen LogP contribution in [0.2, 0.25) is 0 Å². The van der Waals surface area contributed by atoms with Gasteiger partial charge in [-0.2, -0.15) is 0 Å². The first-order chi connectivity index (χ1) is 9.06. The number of rotatable bonds is 3. The first-order valence-electron chi connectivity index (χ1n) is 5.54. The minimum atomic E-state index is -0.0615. The van der Waals surface area contributed by atoms with Gasteiger partial charge < -0.3 is 5.32 Å². The Morgan fingerprint density at radius 3 is 2.37 bits per heavy atom. The SMILES string of the molecule is O=C(NCc1ccc(Br)cc1)c1cc(Br)ccc1I. The van der Waals surface area contributed by atoms with Gasteiger partial charge in [0.05, 0.1) is 5.56 Å². The first kappa shape index (κ1) is 15.0. The first-order valence-corrected chi connectivity index (χ1v) is 8.20. The van der Waals surface area contributed by atoms with Crippen LogP contribution in [-0.4, -0.2) is 5.91 Å². The van der Waals surface area contributed by atoms with Gasteiger partial charge in [-0.15, -0.1) is 0 Å². The second-order valence-electron chi connectivity index (χ2n) is 3.93. The molecule has 0 unspecified atom stereocenters. The molecule has 98 valence electrons. The molecule has 0 aliphatic carbocycles. The second kappa shape index (κ2) is 6.85. The van der Waals surface area contributed by atoms with E-state index < -0.39 is 0 Å². The Morgan fingerprint density at radius 2 is 1.68 bits per heavy atom. The highest BCUT2D eigenvalue weighted by Gasteiger charge is 2.10. The summed E-state index contributed by atoms with van der Waals surface area (Å²) >= 11 is 8.93. The molecule has 0 aromatic heterocycles. The maximum Gasteiger partial charge on any atom is 0.252 e. The van der Waals surface area contributed by atoms with Crippen LogP contribution in [0.4, 0.5) is 0 Å². The highest BCUT2D eigenvalue weighted by molar-refractivity contribution is 14.1. The lowest BCUT2D eigenvalue weighted by molar-refractivity contribution is 0.0950. The van der Waals surface area contributed by atoms with Crippen molar-refractivity contribution in [2.24, 2.45) is 0 Å². The standard InChI is InChI=1S/C14H10Br2INO/c15-10-3-1-9(2-4-10)8-18-14(19)12-7-11(16)5-6-13(12)17/h1-7H,8H2,(H,18,19). The molecule has 19 heavy (non-hydrogen) atoms. The molecule has 1 amide bonds. The maximum atomic E-state index is 12.1. The maximum absolute atomic E-state index is 12.1. The summed E-state index contributed by atoms with van der Waals surface area (Å²) in [7, 11) is 0. The quantitative estimate of drug-likeness (QED) is 0.613. The number of hydrogen-bond acceptors (Lipinski definition) is 1.